The molecular formula is C18H24ClN3O2. The number of halogens is 1. The molecule has 2 N–H and O–H groups in total. The van der Waals surface area contributed by atoms with Gasteiger partial charge in [0.05, 0.1) is 0 Å². The molecule has 0 saturated carbocycles. The average Bonchev–Trinajstić information content (AvgIpc) is 2.59. The number of rotatable bonds is 4. The van der Waals surface area contributed by atoms with Crippen molar-refractivity contribution in [2.75, 3.05) is 26.7 Å². The first-order valence-corrected chi connectivity index (χ1v) is 8.25. The van der Waals surface area contributed by atoms with Crippen LogP contribution in [0.3, 0.4) is 0 Å². The van der Waals surface area contributed by atoms with E-state index in [2.05, 4.69) is 10.3 Å². The van der Waals surface area contributed by atoms with Crippen LogP contribution in [0.5, 0.6) is 0 Å². The molecule has 1 fully saturated rings. The van der Waals surface area contributed by atoms with Gasteiger partial charge in [0, 0.05) is 18.6 Å². The summed E-state index contributed by atoms with van der Waals surface area (Å²) in [5, 5.41) is 4.06. The second-order valence-electron chi connectivity index (χ2n) is 6.23. The van der Waals surface area contributed by atoms with E-state index in [9.17, 15) is 9.59 Å². The van der Waals surface area contributed by atoms with Crippen LogP contribution in [0.1, 0.15) is 29.6 Å². The maximum absolute atomic E-state index is 12.7. The van der Waals surface area contributed by atoms with Crippen LogP contribution in [-0.2, 0) is 0 Å². The SMILES string of the molecule is CNCCC1CCN(C(=O)c2cc3ccccc3[nH]c2=O)CC1.Cl. The lowest BCUT2D eigenvalue weighted by Crippen LogP contribution is -2.40. The fourth-order valence-corrected chi connectivity index (χ4v) is 3.25. The zero-order valence-electron chi connectivity index (χ0n) is 13.9. The molecule has 0 aliphatic carbocycles. The number of aromatic amines is 1. The molecule has 5 nitrogen and oxygen atoms in total. The minimum Gasteiger partial charge on any atom is -0.338 e. The quantitative estimate of drug-likeness (QED) is 0.890. The van der Waals surface area contributed by atoms with Crippen molar-refractivity contribution in [2.45, 2.75) is 19.3 Å². The summed E-state index contributed by atoms with van der Waals surface area (Å²) in [7, 11) is 1.96. The molecular weight excluding hydrogens is 326 g/mol. The van der Waals surface area contributed by atoms with E-state index in [1.165, 1.54) is 0 Å². The van der Waals surface area contributed by atoms with Crippen LogP contribution in [0, 0.1) is 5.92 Å². The van der Waals surface area contributed by atoms with E-state index in [-0.39, 0.29) is 29.4 Å². The van der Waals surface area contributed by atoms with Crippen molar-refractivity contribution in [3.8, 4) is 0 Å². The first-order chi connectivity index (χ1) is 11.2. The third-order valence-electron chi connectivity index (χ3n) is 4.69. The van der Waals surface area contributed by atoms with Gasteiger partial charge in [-0.25, -0.2) is 0 Å². The number of aromatic nitrogens is 1. The van der Waals surface area contributed by atoms with Gasteiger partial charge < -0.3 is 15.2 Å². The minimum atomic E-state index is -0.300. The number of H-pyrrole nitrogens is 1. The number of amides is 1. The summed E-state index contributed by atoms with van der Waals surface area (Å²) in [5.74, 6) is 0.519. The number of hydrogen-bond donors (Lipinski definition) is 2. The van der Waals surface area contributed by atoms with E-state index in [0.717, 1.165) is 49.8 Å². The first kappa shape index (κ1) is 18.5. The number of piperidine rings is 1. The molecule has 0 atom stereocenters. The molecule has 1 amide bonds. The number of nitrogens with one attached hydrogen (secondary N) is 2. The van der Waals surface area contributed by atoms with Crippen LogP contribution in [0.15, 0.2) is 35.1 Å². The molecule has 2 aromatic rings. The molecule has 0 spiro atoms. The Morgan fingerprint density at radius 2 is 2.00 bits per heavy atom. The van der Waals surface area contributed by atoms with Crippen LogP contribution in [0.25, 0.3) is 10.9 Å². The molecule has 0 bridgehead atoms. The van der Waals surface area contributed by atoms with E-state index in [1.807, 2.05) is 36.2 Å². The van der Waals surface area contributed by atoms with Crippen LogP contribution < -0.4 is 10.9 Å². The van der Waals surface area contributed by atoms with Crippen LogP contribution in [0.4, 0.5) is 0 Å². The molecule has 1 saturated heterocycles. The topological polar surface area (TPSA) is 65.2 Å². The summed E-state index contributed by atoms with van der Waals surface area (Å²) in [6.45, 7) is 2.49. The predicted octanol–water partition coefficient (Wildman–Crippen LogP) is 2.41. The van der Waals surface area contributed by atoms with Crippen molar-refractivity contribution in [2.24, 2.45) is 5.92 Å². The van der Waals surface area contributed by atoms with Crippen molar-refractivity contribution >= 4 is 29.2 Å². The molecule has 3 rings (SSSR count). The zero-order valence-corrected chi connectivity index (χ0v) is 14.7. The van der Waals surface area contributed by atoms with Crippen LogP contribution >= 0.6 is 12.4 Å². The molecule has 1 aromatic heterocycles. The van der Waals surface area contributed by atoms with E-state index < -0.39 is 0 Å². The third kappa shape index (κ3) is 3.97. The number of carbonyl (C=O) groups is 1. The molecule has 24 heavy (non-hydrogen) atoms. The van der Waals surface area contributed by atoms with Crippen molar-refractivity contribution < 1.29 is 4.79 Å². The van der Waals surface area contributed by atoms with Gasteiger partial charge in [-0.3, -0.25) is 9.59 Å². The number of para-hydroxylation sites is 1. The Kier molecular flexibility index (Phi) is 6.40. The zero-order chi connectivity index (χ0) is 16.2. The molecule has 1 aliphatic heterocycles. The maximum Gasteiger partial charge on any atom is 0.261 e. The molecule has 1 aromatic carbocycles. The van der Waals surface area contributed by atoms with Gasteiger partial charge in [0.2, 0.25) is 0 Å². The summed E-state index contributed by atoms with van der Waals surface area (Å²) in [6, 6.07) is 9.24. The fraction of sp³-hybridized carbons (Fsp3) is 0.444. The van der Waals surface area contributed by atoms with Gasteiger partial charge in [-0.05, 0) is 56.3 Å². The fourth-order valence-electron chi connectivity index (χ4n) is 3.25. The second kappa shape index (κ2) is 8.31. The summed E-state index contributed by atoms with van der Waals surface area (Å²) in [4.78, 5) is 29.5. The second-order valence-corrected chi connectivity index (χ2v) is 6.23. The number of pyridine rings is 1. The number of likely N-dealkylation sites (tertiary alicyclic amines) is 1. The average molecular weight is 350 g/mol. The van der Waals surface area contributed by atoms with Gasteiger partial charge in [0.25, 0.3) is 11.5 Å². The Labute approximate surface area is 147 Å². The Hall–Kier alpha value is -1.85. The van der Waals surface area contributed by atoms with E-state index >= 15 is 0 Å². The molecule has 6 heteroatoms. The number of nitrogens with zero attached hydrogens (tertiary/aromatic N) is 1. The van der Waals surface area contributed by atoms with Gasteiger partial charge in [0.15, 0.2) is 0 Å². The molecule has 130 valence electrons. The molecule has 0 unspecified atom stereocenters. The first-order valence-electron chi connectivity index (χ1n) is 8.25. The number of fused-ring (bicyclic) bond motifs is 1. The van der Waals surface area contributed by atoms with Crippen molar-refractivity contribution in [3.63, 3.8) is 0 Å². The van der Waals surface area contributed by atoms with Crippen molar-refractivity contribution in [1.82, 2.24) is 15.2 Å². The normalized spacial score (nSPS) is 15.3. The molecule has 0 radical (unpaired) electrons. The number of benzene rings is 1. The molecule has 2 heterocycles. The summed E-state index contributed by atoms with van der Waals surface area (Å²) in [6.07, 6.45) is 3.17. The van der Waals surface area contributed by atoms with Crippen molar-refractivity contribution in [1.29, 1.82) is 0 Å². The minimum absolute atomic E-state index is 0. The van der Waals surface area contributed by atoms with Gasteiger partial charge in [0.1, 0.15) is 5.56 Å². The lowest BCUT2D eigenvalue weighted by atomic mass is 9.93. The van der Waals surface area contributed by atoms with Gasteiger partial charge in [-0.1, -0.05) is 18.2 Å². The predicted molar refractivity (Wildman–Crippen MR) is 99.0 cm³/mol. The number of hydrogen-bond acceptors (Lipinski definition) is 3. The Morgan fingerprint density at radius 3 is 2.71 bits per heavy atom. The van der Waals surface area contributed by atoms with Crippen molar-refractivity contribution in [3.05, 3.63) is 46.2 Å². The maximum atomic E-state index is 12.7. The standard InChI is InChI=1S/C18H23N3O2.ClH/c1-19-9-6-13-7-10-21(11-8-13)18(23)15-12-14-4-2-3-5-16(14)20-17(15)22;/h2-5,12-13,19H,6-11H2,1H3,(H,20,22);1H. The lowest BCUT2D eigenvalue weighted by Gasteiger charge is -2.32. The lowest BCUT2D eigenvalue weighted by molar-refractivity contribution is 0.0685. The monoisotopic (exact) mass is 349 g/mol. The Balaban J connectivity index is 0.00000208. The van der Waals surface area contributed by atoms with Gasteiger partial charge in [-0.2, -0.15) is 0 Å². The highest BCUT2D eigenvalue weighted by atomic mass is 35.5. The Bertz CT molecular complexity index is 751. The van der Waals surface area contributed by atoms with E-state index in [0.29, 0.717) is 5.92 Å². The van der Waals surface area contributed by atoms with Gasteiger partial charge in [-0.15, -0.1) is 12.4 Å². The third-order valence-corrected chi connectivity index (χ3v) is 4.69. The highest BCUT2D eigenvalue weighted by Gasteiger charge is 2.25. The highest BCUT2D eigenvalue weighted by Crippen LogP contribution is 2.21. The summed E-state index contributed by atoms with van der Waals surface area (Å²) >= 11 is 0. The Morgan fingerprint density at radius 1 is 1.29 bits per heavy atom. The van der Waals surface area contributed by atoms with Crippen LogP contribution in [0.2, 0.25) is 0 Å². The smallest absolute Gasteiger partial charge is 0.261 e. The van der Waals surface area contributed by atoms with E-state index in [4.69, 9.17) is 0 Å². The van der Waals surface area contributed by atoms with Crippen LogP contribution in [-0.4, -0.2) is 42.5 Å². The van der Waals surface area contributed by atoms with Gasteiger partial charge >= 0.3 is 0 Å². The number of carbonyl (C=O) groups excluding carboxylic acids is 1. The largest absolute Gasteiger partial charge is 0.338 e. The van der Waals surface area contributed by atoms with E-state index in [1.54, 1.807) is 6.07 Å². The summed E-state index contributed by atoms with van der Waals surface area (Å²) < 4.78 is 0. The summed E-state index contributed by atoms with van der Waals surface area (Å²) in [5.41, 5.74) is 0.711. The molecule has 1 aliphatic rings. The highest BCUT2D eigenvalue weighted by molar-refractivity contribution is 5.97.